The first-order valence-electron chi connectivity index (χ1n) is 3.83. The maximum atomic E-state index is 8.59. The Morgan fingerprint density at radius 1 is 0.524 bits per heavy atom. The van der Waals surface area contributed by atoms with Gasteiger partial charge in [0.05, 0.1) is 0 Å². The third-order valence-electron chi connectivity index (χ3n) is 1.50. The molecule has 0 aliphatic rings. The molecule has 0 aliphatic heterocycles. The van der Waals surface area contributed by atoms with Gasteiger partial charge in [0.2, 0.25) is 16.3 Å². The minimum Gasteiger partial charge on any atom is -0.288 e. The van der Waals surface area contributed by atoms with Crippen LogP contribution in [0.4, 0.5) is 0 Å². The zero-order valence-corrected chi connectivity index (χ0v) is 18.7. The SMILES string of the molecule is ClC(Cl)(Cl)C(Cl)(Cl)C(Cl)(Cl)C(Cl)(Cl)C(Cl)(Cl)Cl.O=[SH](=O)O. The molecular weight excluding hydrogens is 566 g/mol. The Bertz CT molecular complexity index is 382. The number of alkyl halides is 12. The van der Waals surface area contributed by atoms with Crippen LogP contribution in [-0.4, -0.2) is 33.6 Å². The van der Waals surface area contributed by atoms with Crippen molar-refractivity contribution < 1.29 is 13.0 Å². The average Bonchev–Trinajstić information content (AvgIpc) is 2.12. The van der Waals surface area contributed by atoms with Gasteiger partial charge in [0, 0.05) is 0 Å². The summed E-state index contributed by atoms with van der Waals surface area (Å²) in [6, 6.07) is 0. The lowest BCUT2D eigenvalue weighted by atomic mass is 10.2. The van der Waals surface area contributed by atoms with Gasteiger partial charge in [-0.15, -0.1) is 0 Å². The highest BCUT2D eigenvalue weighted by molar-refractivity contribution is 7.66. The Morgan fingerprint density at radius 2 is 0.667 bits per heavy atom. The number of thiol groups is 1. The lowest BCUT2D eigenvalue weighted by Gasteiger charge is -2.46. The molecular formula is C5H2Cl12O3S. The van der Waals surface area contributed by atoms with Crippen molar-refractivity contribution in [2.24, 2.45) is 0 Å². The number of hydrogen-bond donors (Lipinski definition) is 2. The summed E-state index contributed by atoms with van der Waals surface area (Å²) in [6.07, 6.45) is 0. The molecule has 0 aromatic heterocycles. The van der Waals surface area contributed by atoms with E-state index in [1.807, 2.05) is 0 Å². The van der Waals surface area contributed by atoms with Crippen LogP contribution in [-0.2, 0) is 11.0 Å². The number of halogens is 12. The van der Waals surface area contributed by atoms with Crippen LogP contribution in [0.15, 0.2) is 0 Å². The summed E-state index contributed by atoms with van der Waals surface area (Å²) >= 11 is 67.8. The highest BCUT2D eigenvalue weighted by Crippen LogP contribution is 2.66. The van der Waals surface area contributed by atoms with Crippen molar-refractivity contribution in [2.45, 2.75) is 20.6 Å². The lowest BCUT2D eigenvalue weighted by molar-refractivity contribution is 0.509. The normalized spacial score (nSPS) is 14.8. The molecule has 0 heterocycles. The maximum absolute atomic E-state index is 8.59. The summed E-state index contributed by atoms with van der Waals surface area (Å²) in [4.78, 5) is 0. The van der Waals surface area contributed by atoms with Gasteiger partial charge in [-0.1, -0.05) is 139 Å². The third-order valence-corrected chi connectivity index (χ3v) is 8.54. The minimum absolute atomic E-state index is 2.36. The Labute approximate surface area is 182 Å². The van der Waals surface area contributed by atoms with Crippen LogP contribution in [0.3, 0.4) is 0 Å². The lowest BCUT2D eigenvalue weighted by Crippen LogP contribution is -2.60. The quantitative estimate of drug-likeness (QED) is 0.233. The second kappa shape index (κ2) is 8.85. The summed E-state index contributed by atoms with van der Waals surface area (Å²) in [5.41, 5.74) is 0. The van der Waals surface area contributed by atoms with Gasteiger partial charge < -0.3 is 0 Å². The molecule has 0 amide bonds. The molecule has 0 rings (SSSR count). The van der Waals surface area contributed by atoms with Gasteiger partial charge in [-0.25, -0.2) is 8.42 Å². The Hall–Kier alpha value is 3.39. The second-order valence-corrected chi connectivity index (χ2v) is 12.0. The molecule has 130 valence electrons. The highest BCUT2D eigenvalue weighted by atomic mass is 35.6. The van der Waals surface area contributed by atoms with E-state index in [9.17, 15) is 0 Å². The third kappa shape index (κ3) is 6.90. The Kier molecular flexibility index (Phi) is 11.2. The molecule has 0 aromatic rings. The first-order valence-corrected chi connectivity index (χ1v) is 9.50. The molecule has 16 heteroatoms. The zero-order chi connectivity index (χ0) is 18.1. The van der Waals surface area contributed by atoms with E-state index in [1.54, 1.807) is 0 Å². The molecule has 0 bridgehead atoms. The number of hydrogen-bond acceptors (Lipinski definition) is 2. The minimum atomic E-state index is -3.12. The molecule has 0 unspecified atom stereocenters. The smallest absolute Gasteiger partial charge is 0.254 e. The molecule has 0 spiro atoms. The molecule has 1 N–H and O–H groups in total. The van der Waals surface area contributed by atoms with E-state index >= 15 is 0 Å². The van der Waals surface area contributed by atoms with E-state index in [1.165, 1.54) is 0 Å². The maximum Gasteiger partial charge on any atom is 0.254 e. The molecule has 0 aromatic carbocycles. The van der Waals surface area contributed by atoms with Crippen LogP contribution in [0.25, 0.3) is 0 Å². The fourth-order valence-electron chi connectivity index (χ4n) is 0.553. The molecule has 0 atom stereocenters. The summed E-state index contributed by atoms with van der Waals surface area (Å²) in [5.74, 6) is 0. The van der Waals surface area contributed by atoms with Crippen LogP contribution >= 0.6 is 139 Å². The topological polar surface area (TPSA) is 54.4 Å². The van der Waals surface area contributed by atoms with E-state index in [4.69, 9.17) is 152 Å². The summed E-state index contributed by atoms with van der Waals surface area (Å²) in [5, 5.41) is 0. The summed E-state index contributed by atoms with van der Waals surface area (Å²) in [6.45, 7) is 0. The predicted molar refractivity (Wildman–Crippen MR) is 96.8 cm³/mol. The van der Waals surface area contributed by atoms with Gasteiger partial charge in [0.1, 0.15) is 0 Å². The van der Waals surface area contributed by atoms with Gasteiger partial charge in [0.25, 0.3) is 11.0 Å². The predicted octanol–water partition coefficient (Wildman–Crippen LogP) is 6.32. The van der Waals surface area contributed by atoms with Crippen LogP contribution in [0.5, 0.6) is 0 Å². The van der Waals surface area contributed by atoms with Gasteiger partial charge in [-0.2, -0.15) is 0 Å². The van der Waals surface area contributed by atoms with Gasteiger partial charge in [-0.05, 0) is 0 Å². The molecule has 3 nitrogen and oxygen atoms in total. The first-order chi connectivity index (χ1) is 8.73. The van der Waals surface area contributed by atoms with Crippen molar-refractivity contribution in [1.29, 1.82) is 0 Å². The standard InChI is InChI=1S/C5Cl12.H2O3S/c6-1(7,2(8,9)4(12,13)14)3(10,11)5(15,16)17;1-4(2)3/h;4H,(H,1,2,3). The van der Waals surface area contributed by atoms with Crippen LogP contribution < -0.4 is 0 Å². The van der Waals surface area contributed by atoms with Gasteiger partial charge in [0.15, 0.2) is 4.33 Å². The number of rotatable bonds is 2. The molecule has 0 aliphatic carbocycles. The van der Waals surface area contributed by atoms with Crippen molar-refractivity contribution in [3.05, 3.63) is 0 Å². The van der Waals surface area contributed by atoms with E-state index in [2.05, 4.69) is 0 Å². The van der Waals surface area contributed by atoms with Crippen LogP contribution in [0.1, 0.15) is 0 Å². The van der Waals surface area contributed by atoms with Crippen molar-refractivity contribution in [1.82, 2.24) is 0 Å². The Balaban J connectivity index is 0. The molecule has 0 fully saturated rings. The van der Waals surface area contributed by atoms with Crippen molar-refractivity contribution in [3.63, 3.8) is 0 Å². The monoisotopic (exact) mass is 562 g/mol. The van der Waals surface area contributed by atoms with E-state index < -0.39 is 31.6 Å². The Morgan fingerprint density at radius 3 is 0.762 bits per heavy atom. The van der Waals surface area contributed by atoms with Crippen LogP contribution in [0, 0.1) is 0 Å². The van der Waals surface area contributed by atoms with Gasteiger partial charge in [-0.3, -0.25) is 4.55 Å². The first kappa shape index (κ1) is 26.6. The molecule has 0 saturated heterocycles. The highest BCUT2D eigenvalue weighted by Gasteiger charge is 2.73. The van der Waals surface area contributed by atoms with Gasteiger partial charge >= 0.3 is 0 Å². The van der Waals surface area contributed by atoms with Crippen LogP contribution in [0.2, 0.25) is 0 Å². The van der Waals surface area contributed by atoms with Crippen molar-refractivity contribution in [3.8, 4) is 0 Å². The van der Waals surface area contributed by atoms with E-state index in [0.29, 0.717) is 0 Å². The largest absolute Gasteiger partial charge is 0.288 e. The molecule has 0 saturated carbocycles. The fourth-order valence-corrected chi connectivity index (χ4v) is 3.31. The second-order valence-electron chi connectivity index (χ2n) is 2.96. The summed E-state index contributed by atoms with van der Waals surface area (Å²) in [7, 11) is -3.12. The molecule has 21 heavy (non-hydrogen) atoms. The summed E-state index contributed by atoms with van der Waals surface area (Å²) < 4.78 is 12.0. The zero-order valence-electron chi connectivity index (χ0n) is 8.75. The fraction of sp³-hybridized carbons (Fsp3) is 1.00. The van der Waals surface area contributed by atoms with Crippen molar-refractivity contribution in [2.75, 3.05) is 0 Å². The average molecular weight is 568 g/mol. The van der Waals surface area contributed by atoms with Crippen molar-refractivity contribution >= 4 is 150 Å². The van der Waals surface area contributed by atoms with E-state index in [0.717, 1.165) is 0 Å². The van der Waals surface area contributed by atoms with E-state index in [-0.39, 0.29) is 0 Å². The molecule has 0 radical (unpaired) electrons.